The van der Waals surface area contributed by atoms with Gasteiger partial charge in [-0.05, 0) is 38.0 Å². The Morgan fingerprint density at radius 1 is 1.23 bits per heavy atom. The van der Waals surface area contributed by atoms with Gasteiger partial charge in [0.1, 0.15) is 6.54 Å². The van der Waals surface area contributed by atoms with Crippen LogP contribution in [0.5, 0.6) is 0 Å². The van der Waals surface area contributed by atoms with E-state index in [-0.39, 0.29) is 36.4 Å². The monoisotopic (exact) mass is 480 g/mol. The Morgan fingerprint density at radius 3 is 2.62 bits per heavy atom. The molecule has 0 bridgehead atoms. The molecule has 1 amide bonds. The molecule has 1 N–H and O–H groups in total. The number of nitrogens with zero attached hydrogens (tertiary/aromatic N) is 3. The van der Waals surface area contributed by atoms with E-state index >= 15 is 0 Å². The topological polar surface area (TPSA) is 57.2 Å². The summed E-state index contributed by atoms with van der Waals surface area (Å²) in [6, 6.07) is 0. The van der Waals surface area contributed by atoms with E-state index in [9.17, 15) is 4.79 Å². The second-order valence-corrected chi connectivity index (χ2v) is 7.64. The number of hydrogen-bond donors (Lipinski definition) is 1. The molecule has 7 heteroatoms. The SMILES string of the molecule is CCOCCCNC(=NCC(=O)N(C)C)N1CCC2(CCCCC2)C1.I. The fourth-order valence-electron chi connectivity index (χ4n) is 3.90. The van der Waals surface area contributed by atoms with Crippen LogP contribution in [-0.2, 0) is 9.53 Å². The van der Waals surface area contributed by atoms with Gasteiger partial charge >= 0.3 is 0 Å². The summed E-state index contributed by atoms with van der Waals surface area (Å²) >= 11 is 0. The molecular weight excluding hydrogens is 443 g/mol. The molecule has 1 aliphatic carbocycles. The number of likely N-dealkylation sites (N-methyl/N-ethyl adjacent to an activating group) is 1. The predicted octanol–water partition coefficient (Wildman–Crippen LogP) is 2.72. The highest BCUT2D eigenvalue weighted by Crippen LogP contribution is 2.43. The maximum absolute atomic E-state index is 11.9. The lowest BCUT2D eigenvalue weighted by atomic mass is 9.73. The summed E-state index contributed by atoms with van der Waals surface area (Å²) in [5.41, 5.74) is 0.484. The van der Waals surface area contributed by atoms with Gasteiger partial charge in [-0.3, -0.25) is 4.79 Å². The second kappa shape index (κ2) is 12.0. The third kappa shape index (κ3) is 7.21. The molecule has 1 heterocycles. The van der Waals surface area contributed by atoms with Crippen molar-refractivity contribution in [2.24, 2.45) is 10.4 Å². The first-order valence-corrected chi connectivity index (χ1v) is 9.87. The average Bonchev–Trinajstić information content (AvgIpc) is 3.00. The van der Waals surface area contributed by atoms with E-state index in [0.717, 1.165) is 45.2 Å². The van der Waals surface area contributed by atoms with Crippen LogP contribution in [-0.4, -0.2) is 75.2 Å². The van der Waals surface area contributed by atoms with E-state index < -0.39 is 0 Å². The first-order chi connectivity index (χ1) is 12.1. The van der Waals surface area contributed by atoms with Crippen molar-refractivity contribution >= 4 is 35.8 Å². The Morgan fingerprint density at radius 2 is 1.96 bits per heavy atom. The Balaban J connectivity index is 0.00000338. The summed E-state index contributed by atoms with van der Waals surface area (Å²) in [7, 11) is 3.56. The number of ether oxygens (including phenoxy) is 1. The summed E-state index contributed by atoms with van der Waals surface area (Å²) in [4.78, 5) is 20.5. The van der Waals surface area contributed by atoms with Crippen LogP contribution in [0.4, 0.5) is 0 Å². The number of likely N-dealkylation sites (tertiary alicyclic amines) is 1. The summed E-state index contributed by atoms with van der Waals surface area (Å²) in [6.45, 7) is 6.71. The minimum Gasteiger partial charge on any atom is -0.382 e. The molecular formula is C19H37IN4O2. The molecule has 1 aliphatic heterocycles. The zero-order valence-electron chi connectivity index (χ0n) is 16.8. The van der Waals surface area contributed by atoms with E-state index in [1.54, 1.807) is 19.0 Å². The summed E-state index contributed by atoms with van der Waals surface area (Å²) < 4.78 is 5.41. The van der Waals surface area contributed by atoms with Gasteiger partial charge in [0.25, 0.3) is 0 Å². The van der Waals surface area contributed by atoms with E-state index in [0.29, 0.717) is 5.41 Å². The van der Waals surface area contributed by atoms with Crippen LogP contribution in [0.3, 0.4) is 0 Å². The molecule has 0 aromatic rings. The van der Waals surface area contributed by atoms with Gasteiger partial charge < -0.3 is 19.9 Å². The molecule has 2 aliphatic rings. The minimum atomic E-state index is 0. The first-order valence-electron chi connectivity index (χ1n) is 9.87. The van der Waals surface area contributed by atoms with Crippen molar-refractivity contribution in [3.63, 3.8) is 0 Å². The van der Waals surface area contributed by atoms with Crippen molar-refractivity contribution in [3.8, 4) is 0 Å². The fraction of sp³-hybridized carbons (Fsp3) is 0.895. The van der Waals surface area contributed by atoms with E-state index in [1.807, 2.05) is 6.92 Å². The number of nitrogens with one attached hydrogen (secondary N) is 1. The lowest BCUT2D eigenvalue weighted by Gasteiger charge is -2.33. The van der Waals surface area contributed by atoms with Gasteiger partial charge in [0, 0.05) is 46.9 Å². The third-order valence-electron chi connectivity index (χ3n) is 5.47. The van der Waals surface area contributed by atoms with Gasteiger partial charge in [-0.25, -0.2) is 4.99 Å². The van der Waals surface area contributed by atoms with E-state index in [4.69, 9.17) is 4.74 Å². The van der Waals surface area contributed by atoms with Gasteiger partial charge in [-0.2, -0.15) is 0 Å². The van der Waals surface area contributed by atoms with Crippen molar-refractivity contribution < 1.29 is 9.53 Å². The molecule has 1 saturated carbocycles. The van der Waals surface area contributed by atoms with Crippen molar-refractivity contribution in [2.75, 3.05) is 53.5 Å². The second-order valence-electron chi connectivity index (χ2n) is 7.64. The molecule has 0 atom stereocenters. The van der Waals surface area contributed by atoms with Crippen LogP contribution < -0.4 is 5.32 Å². The number of aliphatic imine (C=N–C) groups is 1. The van der Waals surface area contributed by atoms with E-state index in [2.05, 4.69) is 15.2 Å². The normalized spacial score (nSPS) is 19.3. The molecule has 0 radical (unpaired) electrons. The van der Waals surface area contributed by atoms with Gasteiger partial charge in [0.15, 0.2) is 5.96 Å². The van der Waals surface area contributed by atoms with Gasteiger partial charge in [0.05, 0.1) is 0 Å². The summed E-state index contributed by atoms with van der Waals surface area (Å²) in [5.74, 6) is 0.939. The Labute approximate surface area is 176 Å². The maximum atomic E-state index is 11.9. The molecule has 152 valence electrons. The Bertz CT molecular complexity index is 451. The van der Waals surface area contributed by atoms with Crippen LogP contribution in [0.1, 0.15) is 51.9 Å². The minimum absolute atomic E-state index is 0. The van der Waals surface area contributed by atoms with Crippen molar-refractivity contribution in [1.82, 2.24) is 15.1 Å². The summed E-state index contributed by atoms with van der Waals surface area (Å²) in [6.07, 6.45) is 9.01. The quantitative estimate of drug-likeness (QED) is 0.264. The molecule has 6 nitrogen and oxygen atoms in total. The van der Waals surface area contributed by atoms with Crippen LogP contribution in [0.2, 0.25) is 0 Å². The first kappa shape index (κ1) is 23.5. The number of guanidine groups is 1. The number of carbonyl (C=O) groups is 1. The lowest BCUT2D eigenvalue weighted by molar-refractivity contribution is -0.127. The van der Waals surface area contributed by atoms with Gasteiger partial charge in [-0.1, -0.05) is 19.3 Å². The van der Waals surface area contributed by atoms with Crippen LogP contribution in [0, 0.1) is 5.41 Å². The van der Waals surface area contributed by atoms with E-state index in [1.165, 1.54) is 38.5 Å². The average molecular weight is 480 g/mol. The van der Waals surface area contributed by atoms with Gasteiger partial charge in [-0.15, -0.1) is 24.0 Å². The Kier molecular flexibility index (Phi) is 10.8. The lowest BCUT2D eigenvalue weighted by Crippen LogP contribution is -2.43. The number of halogens is 1. The van der Waals surface area contributed by atoms with Crippen LogP contribution >= 0.6 is 24.0 Å². The largest absolute Gasteiger partial charge is 0.382 e. The highest BCUT2D eigenvalue weighted by molar-refractivity contribution is 14.0. The maximum Gasteiger partial charge on any atom is 0.243 e. The van der Waals surface area contributed by atoms with Crippen molar-refractivity contribution in [3.05, 3.63) is 0 Å². The number of amides is 1. The molecule has 1 spiro atoms. The number of carbonyl (C=O) groups excluding carboxylic acids is 1. The van der Waals surface area contributed by atoms with Crippen molar-refractivity contribution in [1.29, 1.82) is 0 Å². The molecule has 1 saturated heterocycles. The molecule has 0 unspecified atom stereocenters. The number of hydrogen-bond acceptors (Lipinski definition) is 3. The third-order valence-corrected chi connectivity index (χ3v) is 5.47. The molecule has 26 heavy (non-hydrogen) atoms. The molecule has 2 fully saturated rings. The fourth-order valence-corrected chi connectivity index (χ4v) is 3.90. The van der Waals surface area contributed by atoms with Crippen LogP contribution in [0.15, 0.2) is 4.99 Å². The smallest absolute Gasteiger partial charge is 0.243 e. The molecule has 0 aromatic carbocycles. The standard InChI is InChI=1S/C19H36N4O2.HI/c1-4-25-14-8-12-20-18(21-15-17(24)22(2)3)23-13-11-19(16-23)9-6-5-7-10-19;/h4-16H2,1-3H3,(H,20,21);1H. The zero-order valence-corrected chi connectivity index (χ0v) is 19.1. The highest BCUT2D eigenvalue weighted by Gasteiger charge is 2.39. The van der Waals surface area contributed by atoms with Crippen LogP contribution in [0.25, 0.3) is 0 Å². The van der Waals surface area contributed by atoms with Gasteiger partial charge in [0.2, 0.25) is 5.91 Å². The predicted molar refractivity (Wildman–Crippen MR) is 117 cm³/mol. The summed E-state index contributed by atoms with van der Waals surface area (Å²) in [5, 5.41) is 3.46. The molecule has 2 rings (SSSR count). The zero-order chi connectivity index (χ0) is 18.1. The van der Waals surface area contributed by atoms with Crippen molar-refractivity contribution in [2.45, 2.75) is 51.9 Å². The number of rotatable bonds is 7. The highest BCUT2D eigenvalue weighted by atomic mass is 127. The Hall–Kier alpha value is -0.570. The molecule has 0 aromatic heterocycles.